The second-order valence-corrected chi connectivity index (χ2v) is 8.51. The quantitative estimate of drug-likeness (QED) is 0.385. The molecule has 5 N–H and O–H groups in total. The SMILES string of the molecule is Nc1cncc(C(=O)NC2(C(=O)NCc3ccc(Nc4ccc(Cl)cc4C(F)(F)F)cn3)CC2)c1. The van der Waals surface area contributed by atoms with Gasteiger partial charge in [-0.15, -0.1) is 0 Å². The third-order valence-electron chi connectivity index (χ3n) is 5.38. The van der Waals surface area contributed by atoms with Crippen molar-refractivity contribution in [2.24, 2.45) is 0 Å². The predicted molar refractivity (Wildman–Crippen MR) is 124 cm³/mol. The van der Waals surface area contributed by atoms with Gasteiger partial charge in [-0.05, 0) is 49.2 Å². The molecule has 4 rings (SSSR count). The van der Waals surface area contributed by atoms with Crippen molar-refractivity contribution in [3.8, 4) is 0 Å². The zero-order valence-corrected chi connectivity index (χ0v) is 18.9. The fraction of sp³-hybridized carbons (Fsp3) is 0.217. The van der Waals surface area contributed by atoms with Crippen LogP contribution >= 0.6 is 11.6 Å². The second-order valence-electron chi connectivity index (χ2n) is 8.08. The van der Waals surface area contributed by atoms with Gasteiger partial charge in [0.25, 0.3) is 5.91 Å². The van der Waals surface area contributed by atoms with Crippen molar-refractivity contribution < 1.29 is 22.8 Å². The lowest BCUT2D eigenvalue weighted by molar-refractivity contribution is -0.137. The Morgan fingerprint density at radius 3 is 2.49 bits per heavy atom. The lowest BCUT2D eigenvalue weighted by Crippen LogP contribution is -2.48. The summed E-state index contributed by atoms with van der Waals surface area (Å²) in [7, 11) is 0. The van der Waals surface area contributed by atoms with Gasteiger partial charge >= 0.3 is 6.18 Å². The van der Waals surface area contributed by atoms with E-state index in [0.717, 1.165) is 6.07 Å². The largest absolute Gasteiger partial charge is 0.418 e. The minimum atomic E-state index is -4.58. The first kappa shape index (κ1) is 24.3. The summed E-state index contributed by atoms with van der Waals surface area (Å²) < 4.78 is 39.8. The molecule has 0 atom stereocenters. The molecule has 8 nitrogen and oxygen atoms in total. The van der Waals surface area contributed by atoms with E-state index >= 15 is 0 Å². The Labute approximate surface area is 203 Å². The molecule has 1 fully saturated rings. The molecule has 1 saturated carbocycles. The number of alkyl halides is 3. The number of halogens is 4. The Hall–Kier alpha value is -3.86. The van der Waals surface area contributed by atoms with Gasteiger partial charge in [0.15, 0.2) is 0 Å². The average molecular weight is 505 g/mol. The molecule has 0 unspecified atom stereocenters. The highest BCUT2D eigenvalue weighted by atomic mass is 35.5. The van der Waals surface area contributed by atoms with Crippen LogP contribution in [0.1, 0.15) is 34.5 Å². The smallest absolute Gasteiger partial charge is 0.397 e. The van der Waals surface area contributed by atoms with Crippen LogP contribution in [0.2, 0.25) is 5.02 Å². The number of rotatable bonds is 7. The maximum atomic E-state index is 13.3. The summed E-state index contributed by atoms with van der Waals surface area (Å²) in [6.07, 6.45) is 0.522. The highest BCUT2D eigenvalue weighted by molar-refractivity contribution is 6.30. The van der Waals surface area contributed by atoms with E-state index in [2.05, 4.69) is 25.9 Å². The van der Waals surface area contributed by atoms with Crippen molar-refractivity contribution in [2.45, 2.75) is 31.1 Å². The van der Waals surface area contributed by atoms with Crippen LogP contribution in [0.3, 0.4) is 0 Å². The van der Waals surface area contributed by atoms with Crippen LogP contribution in [-0.4, -0.2) is 27.3 Å². The van der Waals surface area contributed by atoms with E-state index in [1.54, 1.807) is 12.1 Å². The lowest BCUT2D eigenvalue weighted by Gasteiger charge is -2.17. The first-order valence-electron chi connectivity index (χ1n) is 10.5. The molecule has 2 amide bonds. The average Bonchev–Trinajstić information content (AvgIpc) is 3.59. The summed E-state index contributed by atoms with van der Waals surface area (Å²) in [5, 5.41) is 8.12. The van der Waals surface area contributed by atoms with Crippen LogP contribution in [0.5, 0.6) is 0 Å². The molecule has 1 aliphatic rings. The van der Waals surface area contributed by atoms with Crippen LogP contribution in [-0.2, 0) is 17.5 Å². The summed E-state index contributed by atoms with van der Waals surface area (Å²) in [6.45, 7) is 0.0747. The van der Waals surface area contributed by atoms with Gasteiger partial charge in [0.2, 0.25) is 5.91 Å². The van der Waals surface area contributed by atoms with Crippen molar-refractivity contribution in [2.75, 3.05) is 11.1 Å². The second kappa shape index (κ2) is 9.41. The molecule has 2 heterocycles. The Kier molecular flexibility index (Phi) is 6.53. The van der Waals surface area contributed by atoms with Crippen molar-refractivity contribution in [1.29, 1.82) is 0 Å². The number of hydrogen-bond acceptors (Lipinski definition) is 6. The predicted octanol–water partition coefficient (Wildman–Crippen LogP) is 4.05. The summed E-state index contributed by atoms with van der Waals surface area (Å²) in [5.41, 5.74) is 4.98. The van der Waals surface area contributed by atoms with Crippen LogP contribution in [0, 0.1) is 0 Å². The molecule has 12 heteroatoms. The fourth-order valence-corrected chi connectivity index (χ4v) is 3.54. The molecule has 3 aromatic rings. The Morgan fingerprint density at radius 2 is 1.86 bits per heavy atom. The summed E-state index contributed by atoms with van der Waals surface area (Å²) in [4.78, 5) is 33.2. The topological polar surface area (TPSA) is 122 Å². The van der Waals surface area contributed by atoms with E-state index in [9.17, 15) is 22.8 Å². The van der Waals surface area contributed by atoms with E-state index in [1.165, 1.54) is 36.8 Å². The number of hydrogen-bond donors (Lipinski definition) is 4. The van der Waals surface area contributed by atoms with Gasteiger partial charge in [0.05, 0.1) is 46.6 Å². The number of nitrogens with one attached hydrogen (secondary N) is 3. The van der Waals surface area contributed by atoms with E-state index in [1.807, 2.05) is 0 Å². The van der Waals surface area contributed by atoms with Crippen LogP contribution in [0.15, 0.2) is 55.0 Å². The monoisotopic (exact) mass is 504 g/mol. The number of aromatic nitrogens is 2. The first-order valence-corrected chi connectivity index (χ1v) is 10.8. The van der Waals surface area contributed by atoms with Gasteiger partial charge in [0, 0.05) is 17.4 Å². The third-order valence-corrected chi connectivity index (χ3v) is 5.61. The van der Waals surface area contributed by atoms with Gasteiger partial charge in [-0.3, -0.25) is 19.6 Å². The van der Waals surface area contributed by atoms with Crippen molar-refractivity contribution >= 4 is 40.5 Å². The van der Waals surface area contributed by atoms with Gasteiger partial charge < -0.3 is 21.7 Å². The van der Waals surface area contributed by atoms with Crippen molar-refractivity contribution in [3.63, 3.8) is 0 Å². The maximum absolute atomic E-state index is 13.3. The molecule has 1 aliphatic carbocycles. The van der Waals surface area contributed by atoms with Crippen LogP contribution in [0.25, 0.3) is 0 Å². The number of nitrogen functional groups attached to an aromatic ring is 1. The van der Waals surface area contributed by atoms with Gasteiger partial charge in [0.1, 0.15) is 5.54 Å². The zero-order valence-electron chi connectivity index (χ0n) is 18.1. The minimum Gasteiger partial charge on any atom is -0.397 e. The molecule has 0 bridgehead atoms. The molecule has 1 aromatic carbocycles. The van der Waals surface area contributed by atoms with E-state index in [-0.39, 0.29) is 28.7 Å². The van der Waals surface area contributed by atoms with E-state index in [0.29, 0.717) is 29.9 Å². The number of nitrogens with zero attached hydrogens (tertiary/aromatic N) is 2. The van der Waals surface area contributed by atoms with Crippen LogP contribution < -0.4 is 21.7 Å². The van der Waals surface area contributed by atoms with E-state index < -0.39 is 23.2 Å². The molecule has 0 saturated heterocycles. The van der Waals surface area contributed by atoms with Gasteiger partial charge in [-0.2, -0.15) is 13.2 Å². The van der Waals surface area contributed by atoms with E-state index in [4.69, 9.17) is 17.3 Å². The third kappa shape index (κ3) is 5.80. The Morgan fingerprint density at radius 1 is 1.09 bits per heavy atom. The number of carbonyl (C=O) groups is 2. The van der Waals surface area contributed by atoms with Gasteiger partial charge in [-0.1, -0.05) is 11.6 Å². The van der Waals surface area contributed by atoms with Gasteiger partial charge in [-0.25, -0.2) is 0 Å². The Bertz CT molecular complexity index is 1260. The lowest BCUT2D eigenvalue weighted by atomic mass is 10.1. The standard InChI is InChI=1S/C23H20ClF3N6O2/c24-14-1-4-19(18(8-14)23(25,26)27)32-17-3-2-16(30-12-17)11-31-21(35)22(5-6-22)33-20(34)13-7-15(28)10-29-9-13/h1-4,7-10,12,32H,5-6,11,28H2,(H,31,35)(H,33,34). The highest BCUT2D eigenvalue weighted by Gasteiger charge is 2.51. The van der Waals surface area contributed by atoms with Crippen molar-refractivity contribution in [1.82, 2.24) is 20.6 Å². The molecule has 0 aliphatic heterocycles. The molecule has 182 valence electrons. The molecule has 0 radical (unpaired) electrons. The first-order chi connectivity index (χ1) is 16.6. The fourth-order valence-electron chi connectivity index (χ4n) is 3.36. The van der Waals surface area contributed by atoms with Crippen molar-refractivity contribution in [3.05, 3.63) is 76.8 Å². The number of pyridine rings is 2. The normalized spacial score (nSPS) is 14.2. The number of nitrogens with two attached hydrogens (primary N) is 1. The maximum Gasteiger partial charge on any atom is 0.418 e. The molecular formula is C23H20ClF3N6O2. The number of benzene rings is 1. The molecule has 35 heavy (non-hydrogen) atoms. The number of anilines is 3. The summed E-state index contributed by atoms with van der Waals surface area (Å²) in [6, 6.07) is 8.02. The molecule has 0 spiro atoms. The summed E-state index contributed by atoms with van der Waals surface area (Å²) >= 11 is 5.70. The summed E-state index contributed by atoms with van der Waals surface area (Å²) in [5.74, 6) is -0.811. The number of amides is 2. The highest BCUT2D eigenvalue weighted by Crippen LogP contribution is 2.38. The zero-order chi connectivity index (χ0) is 25.2. The number of carbonyl (C=O) groups excluding carboxylic acids is 2. The Balaban J connectivity index is 1.35. The molecular weight excluding hydrogens is 485 g/mol. The molecule has 2 aromatic heterocycles. The minimum absolute atomic E-state index is 0.0266. The van der Waals surface area contributed by atoms with Crippen LogP contribution in [0.4, 0.5) is 30.2 Å².